The van der Waals surface area contributed by atoms with Gasteiger partial charge in [0.15, 0.2) is 0 Å². The standard InChI is InChI=1S/C10H18N4O3S/c15-7-6-14-9-10(8-11-14)18(16,17)12-13-4-2-1-3-5-13/h8-9,12,15H,1-7H2. The summed E-state index contributed by atoms with van der Waals surface area (Å²) in [4.78, 5) is 2.68. The van der Waals surface area contributed by atoms with Crippen molar-refractivity contribution >= 4 is 10.0 Å². The molecule has 7 nitrogen and oxygen atoms in total. The maximum Gasteiger partial charge on any atom is 0.256 e. The summed E-state index contributed by atoms with van der Waals surface area (Å²) < 4.78 is 25.5. The number of hydrazine groups is 1. The van der Waals surface area contributed by atoms with Crippen molar-refractivity contribution in [3.63, 3.8) is 0 Å². The maximum absolute atomic E-state index is 12.0. The number of aliphatic hydroxyl groups excluding tert-OH is 1. The SMILES string of the molecule is O=S(=O)(NN1CCCCC1)c1cnn(CCO)c1. The van der Waals surface area contributed by atoms with Crippen molar-refractivity contribution in [2.24, 2.45) is 0 Å². The molecule has 0 saturated carbocycles. The van der Waals surface area contributed by atoms with Crippen LogP contribution in [0.15, 0.2) is 17.3 Å². The Bertz CT molecular complexity index is 479. The van der Waals surface area contributed by atoms with E-state index < -0.39 is 10.0 Å². The zero-order valence-corrected chi connectivity index (χ0v) is 10.9. The van der Waals surface area contributed by atoms with E-state index in [1.54, 1.807) is 5.01 Å². The quantitative estimate of drug-likeness (QED) is 0.759. The predicted octanol–water partition coefficient (Wildman–Crippen LogP) is -0.445. The van der Waals surface area contributed by atoms with Gasteiger partial charge in [-0.2, -0.15) is 5.10 Å². The third-order valence-electron chi connectivity index (χ3n) is 2.85. The second-order valence-electron chi connectivity index (χ2n) is 4.31. The number of nitrogens with one attached hydrogen (secondary N) is 1. The number of aromatic nitrogens is 2. The van der Waals surface area contributed by atoms with Crippen LogP contribution in [0.5, 0.6) is 0 Å². The average molecular weight is 274 g/mol. The molecule has 1 aliphatic heterocycles. The van der Waals surface area contributed by atoms with Crippen LogP contribution in [0, 0.1) is 0 Å². The number of nitrogens with zero attached hydrogens (tertiary/aromatic N) is 3. The minimum absolute atomic E-state index is 0.0687. The van der Waals surface area contributed by atoms with Crippen molar-refractivity contribution in [3.05, 3.63) is 12.4 Å². The Balaban J connectivity index is 2.04. The molecule has 2 rings (SSSR count). The topological polar surface area (TPSA) is 87.5 Å². The van der Waals surface area contributed by atoms with E-state index in [0.717, 1.165) is 32.4 Å². The van der Waals surface area contributed by atoms with Gasteiger partial charge in [0, 0.05) is 19.3 Å². The molecule has 2 N–H and O–H groups in total. The van der Waals surface area contributed by atoms with Gasteiger partial charge >= 0.3 is 0 Å². The van der Waals surface area contributed by atoms with Crippen LogP contribution in [-0.2, 0) is 16.6 Å². The van der Waals surface area contributed by atoms with Gasteiger partial charge in [-0.25, -0.2) is 13.4 Å². The Morgan fingerprint density at radius 1 is 1.33 bits per heavy atom. The first-order valence-corrected chi connectivity index (χ1v) is 7.51. The second kappa shape index (κ2) is 5.79. The molecule has 1 aromatic heterocycles. The molecule has 1 saturated heterocycles. The molecule has 1 aliphatic rings. The highest BCUT2D eigenvalue weighted by atomic mass is 32.2. The van der Waals surface area contributed by atoms with Gasteiger partial charge in [0.2, 0.25) is 0 Å². The molecule has 0 aliphatic carbocycles. The van der Waals surface area contributed by atoms with Gasteiger partial charge in [-0.15, -0.1) is 4.83 Å². The first-order chi connectivity index (χ1) is 8.62. The molecule has 0 atom stereocenters. The zero-order valence-electron chi connectivity index (χ0n) is 10.1. The zero-order chi connectivity index (χ0) is 13.0. The van der Waals surface area contributed by atoms with Crippen LogP contribution in [-0.4, -0.2) is 48.0 Å². The molecule has 0 unspecified atom stereocenters. The summed E-state index contributed by atoms with van der Waals surface area (Å²) in [6, 6.07) is 0. The number of piperidine rings is 1. The van der Waals surface area contributed by atoms with Crippen molar-refractivity contribution in [1.82, 2.24) is 19.6 Å². The van der Waals surface area contributed by atoms with E-state index in [4.69, 9.17) is 5.11 Å². The van der Waals surface area contributed by atoms with Crippen molar-refractivity contribution in [1.29, 1.82) is 0 Å². The first-order valence-electron chi connectivity index (χ1n) is 6.02. The van der Waals surface area contributed by atoms with Gasteiger partial charge in [0.25, 0.3) is 10.0 Å². The first kappa shape index (κ1) is 13.5. The lowest BCUT2D eigenvalue weighted by atomic mass is 10.2. The third kappa shape index (κ3) is 3.29. The van der Waals surface area contributed by atoms with E-state index >= 15 is 0 Å². The summed E-state index contributed by atoms with van der Waals surface area (Å²) in [5.74, 6) is 0. The van der Waals surface area contributed by atoms with E-state index in [1.165, 1.54) is 17.1 Å². The van der Waals surface area contributed by atoms with Crippen LogP contribution >= 0.6 is 0 Å². The van der Waals surface area contributed by atoms with Crippen molar-refractivity contribution in [2.45, 2.75) is 30.7 Å². The second-order valence-corrected chi connectivity index (χ2v) is 5.97. The van der Waals surface area contributed by atoms with E-state index in [9.17, 15) is 8.42 Å². The molecule has 1 fully saturated rings. The van der Waals surface area contributed by atoms with Crippen LogP contribution < -0.4 is 4.83 Å². The number of hydrogen-bond donors (Lipinski definition) is 2. The Hall–Kier alpha value is -0.960. The highest BCUT2D eigenvalue weighted by Gasteiger charge is 2.21. The van der Waals surface area contributed by atoms with E-state index in [1.807, 2.05) is 0 Å². The molecule has 0 bridgehead atoms. The molecular weight excluding hydrogens is 256 g/mol. The van der Waals surface area contributed by atoms with Crippen LogP contribution in [0.1, 0.15) is 19.3 Å². The number of sulfonamides is 1. The summed E-state index contributed by atoms with van der Waals surface area (Å²) in [7, 11) is -3.55. The van der Waals surface area contributed by atoms with E-state index in [0.29, 0.717) is 6.54 Å². The van der Waals surface area contributed by atoms with Crippen LogP contribution in [0.3, 0.4) is 0 Å². The summed E-state index contributed by atoms with van der Waals surface area (Å²) in [5, 5.41) is 14.4. The smallest absolute Gasteiger partial charge is 0.256 e. The molecule has 0 spiro atoms. The molecular formula is C10H18N4O3S. The average Bonchev–Trinajstić information content (AvgIpc) is 2.80. The molecule has 2 heterocycles. The normalized spacial score (nSPS) is 18.1. The third-order valence-corrected chi connectivity index (χ3v) is 4.18. The van der Waals surface area contributed by atoms with Crippen molar-refractivity contribution < 1.29 is 13.5 Å². The predicted molar refractivity (Wildman–Crippen MR) is 65.1 cm³/mol. The lowest BCUT2D eigenvalue weighted by Crippen LogP contribution is -2.44. The summed E-state index contributed by atoms with van der Waals surface area (Å²) in [6.45, 7) is 1.70. The molecule has 0 amide bonds. The Kier molecular flexibility index (Phi) is 4.33. The number of aliphatic hydroxyl groups is 1. The minimum atomic E-state index is -3.55. The van der Waals surface area contributed by atoms with Crippen LogP contribution in [0.2, 0.25) is 0 Å². The lowest BCUT2D eigenvalue weighted by molar-refractivity contribution is 0.200. The fraction of sp³-hybridized carbons (Fsp3) is 0.700. The Labute approximate surface area is 106 Å². The van der Waals surface area contributed by atoms with Gasteiger partial charge in [-0.3, -0.25) is 4.68 Å². The highest BCUT2D eigenvalue weighted by molar-refractivity contribution is 7.89. The van der Waals surface area contributed by atoms with Crippen molar-refractivity contribution in [3.8, 4) is 0 Å². The van der Waals surface area contributed by atoms with Crippen LogP contribution in [0.4, 0.5) is 0 Å². The summed E-state index contributed by atoms with van der Waals surface area (Å²) in [6.07, 6.45) is 5.87. The Morgan fingerprint density at radius 3 is 2.72 bits per heavy atom. The molecule has 102 valence electrons. The largest absolute Gasteiger partial charge is 0.394 e. The molecule has 8 heteroatoms. The van der Waals surface area contributed by atoms with Gasteiger partial charge in [-0.05, 0) is 12.8 Å². The highest BCUT2D eigenvalue weighted by Crippen LogP contribution is 2.11. The summed E-state index contributed by atoms with van der Waals surface area (Å²) in [5.41, 5.74) is 0. The van der Waals surface area contributed by atoms with Crippen LogP contribution in [0.25, 0.3) is 0 Å². The lowest BCUT2D eigenvalue weighted by Gasteiger charge is -2.26. The summed E-state index contributed by atoms with van der Waals surface area (Å²) >= 11 is 0. The number of hydrogen-bond acceptors (Lipinski definition) is 5. The molecule has 0 aromatic carbocycles. The van der Waals surface area contributed by atoms with Crippen molar-refractivity contribution in [2.75, 3.05) is 19.7 Å². The fourth-order valence-corrected chi connectivity index (χ4v) is 2.99. The maximum atomic E-state index is 12.0. The van der Waals surface area contributed by atoms with E-state index in [2.05, 4.69) is 9.93 Å². The number of rotatable bonds is 5. The monoisotopic (exact) mass is 274 g/mol. The Morgan fingerprint density at radius 2 is 2.06 bits per heavy atom. The van der Waals surface area contributed by atoms with Gasteiger partial charge in [0.1, 0.15) is 4.90 Å². The van der Waals surface area contributed by atoms with Gasteiger partial charge in [-0.1, -0.05) is 6.42 Å². The van der Waals surface area contributed by atoms with E-state index in [-0.39, 0.29) is 11.5 Å². The van der Waals surface area contributed by atoms with Gasteiger partial charge < -0.3 is 5.11 Å². The molecule has 0 radical (unpaired) electrons. The molecule has 1 aromatic rings. The minimum Gasteiger partial charge on any atom is -0.394 e. The van der Waals surface area contributed by atoms with Gasteiger partial charge in [0.05, 0.1) is 19.3 Å². The fourth-order valence-electron chi connectivity index (χ4n) is 1.92. The molecule has 18 heavy (non-hydrogen) atoms.